The molecule has 1 aromatic rings. The Labute approximate surface area is 197 Å². The summed E-state index contributed by atoms with van der Waals surface area (Å²) in [6.45, 7) is 9.60. The molecule has 0 spiro atoms. The largest absolute Gasteiger partial charge is 0.489 e. The summed E-state index contributed by atoms with van der Waals surface area (Å²) in [4.78, 5) is 4.60. The maximum atomic E-state index is 5.99. The second-order valence-electron chi connectivity index (χ2n) is 7.02. The molecule has 0 aromatic heterocycles. The van der Waals surface area contributed by atoms with E-state index in [1.54, 1.807) is 0 Å². The lowest BCUT2D eigenvalue weighted by Crippen LogP contribution is -2.38. The van der Waals surface area contributed by atoms with Crippen LogP contribution in [0.15, 0.2) is 29.3 Å². The van der Waals surface area contributed by atoms with E-state index in [9.17, 15) is 0 Å². The third-order valence-corrected chi connectivity index (χ3v) is 4.67. The number of hydrogen-bond donors (Lipinski definition) is 2. The highest BCUT2D eigenvalue weighted by Crippen LogP contribution is 2.18. The fraction of sp³-hybridized carbons (Fsp3) is 0.667. The van der Waals surface area contributed by atoms with Gasteiger partial charge in [-0.25, -0.2) is 4.99 Å². The Bertz CT molecular complexity index is 586. The smallest absolute Gasteiger partial charge is 0.191 e. The molecule has 29 heavy (non-hydrogen) atoms. The fourth-order valence-corrected chi connectivity index (χ4v) is 3.10. The van der Waals surface area contributed by atoms with Crippen LogP contribution in [-0.2, 0) is 9.47 Å². The number of nitrogens with zero attached hydrogens (tertiary/aromatic N) is 1. The summed E-state index contributed by atoms with van der Waals surface area (Å²) in [6.07, 6.45) is 3.13. The molecule has 1 atom stereocenters. The van der Waals surface area contributed by atoms with Gasteiger partial charge in [-0.05, 0) is 57.2 Å². The summed E-state index contributed by atoms with van der Waals surface area (Å²) < 4.78 is 17.0. The van der Waals surface area contributed by atoms with Crippen molar-refractivity contribution >= 4 is 41.5 Å². The highest BCUT2D eigenvalue weighted by Gasteiger charge is 2.13. The number of aliphatic imine (C=N–C) groups is 1. The third kappa shape index (κ3) is 11.9. The SMILES string of the molecule is CCNC(=NCC(C)Oc1cccc(Cl)c1)NCCCOCC1CCOCC1.I. The lowest BCUT2D eigenvalue weighted by Gasteiger charge is -2.21. The van der Waals surface area contributed by atoms with E-state index in [1.165, 1.54) is 0 Å². The standard InChI is InChI=1S/C21H34ClN3O3.HI/c1-3-23-21(24-10-5-11-27-16-18-8-12-26-13-9-18)25-15-17(2)28-20-7-4-6-19(22)14-20;/h4,6-7,14,17-18H,3,5,8-13,15-16H2,1-2H3,(H2,23,24,25);1H. The van der Waals surface area contributed by atoms with Crippen molar-refractivity contribution in [3.05, 3.63) is 29.3 Å². The lowest BCUT2D eigenvalue weighted by molar-refractivity contribution is 0.0203. The fourth-order valence-electron chi connectivity index (χ4n) is 2.92. The van der Waals surface area contributed by atoms with Crippen molar-refractivity contribution in [1.82, 2.24) is 10.6 Å². The molecule has 1 aliphatic heterocycles. The van der Waals surface area contributed by atoms with Crippen molar-refractivity contribution in [2.75, 3.05) is 46.1 Å². The maximum absolute atomic E-state index is 5.99. The van der Waals surface area contributed by atoms with Crippen molar-refractivity contribution < 1.29 is 14.2 Å². The molecule has 0 saturated carbocycles. The summed E-state index contributed by atoms with van der Waals surface area (Å²) in [7, 11) is 0. The maximum Gasteiger partial charge on any atom is 0.191 e. The quantitative estimate of drug-likeness (QED) is 0.192. The first kappa shape index (κ1) is 26.3. The highest BCUT2D eigenvalue weighted by atomic mass is 127. The van der Waals surface area contributed by atoms with Crippen molar-refractivity contribution in [1.29, 1.82) is 0 Å². The minimum Gasteiger partial charge on any atom is -0.489 e. The van der Waals surface area contributed by atoms with Gasteiger partial charge in [-0.2, -0.15) is 0 Å². The van der Waals surface area contributed by atoms with E-state index < -0.39 is 0 Å². The van der Waals surface area contributed by atoms with Gasteiger partial charge in [-0.3, -0.25) is 0 Å². The molecule has 0 aliphatic carbocycles. The molecule has 0 radical (unpaired) electrons. The van der Waals surface area contributed by atoms with Crippen molar-refractivity contribution in [3.8, 4) is 5.75 Å². The predicted molar refractivity (Wildman–Crippen MR) is 130 cm³/mol. The van der Waals surface area contributed by atoms with Crippen molar-refractivity contribution in [2.24, 2.45) is 10.9 Å². The van der Waals surface area contributed by atoms with Gasteiger partial charge in [0.05, 0.1) is 6.54 Å². The molecule has 1 aliphatic rings. The summed E-state index contributed by atoms with van der Waals surface area (Å²) in [5, 5.41) is 7.28. The molecule has 1 fully saturated rings. The van der Waals surface area contributed by atoms with Gasteiger partial charge < -0.3 is 24.8 Å². The van der Waals surface area contributed by atoms with Crippen LogP contribution < -0.4 is 15.4 Å². The van der Waals surface area contributed by atoms with Crippen LogP contribution in [0.4, 0.5) is 0 Å². The summed E-state index contributed by atoms with van der Waals surface area (Å²) >= 11 is 5.99. The van der Waals surface area contributed by atoms with Crippen molar-refractivity contribution in [2.45, 2.75) is 39.2 Å². The first-order valence-corrected chi connectivity index (χ1v) is 10.6. The topological polar surface area (TPSA) is 64.1 Å². The van der Waals surface area contributed by atoms with E-state index in [4.69, 9.17) is 25.8 Å². The number of rotatable bonds is 11. The van der Waals surface area contributed by atoms with E-state index in [1.807, 2.05) is 31.2 Å². The van der Waals surface area contributed by atoms with Crippen LogP contribution in [0.25, 0.3) is 0 Å². The molecule has 1 aromatic carbocycles. The molecule has 166 valence electrons. The minimum atomic E-state index is -0.0447. The second-order valence-corrected chi connectivity index (χ2v) is 7.45. The Morgan fingerprint density at radius 1 is 1.31 bits per heavy atom. The van der Waals surface area contributed by atoms with Crippen LogP contribution >= 0.6 is 35.6 Å². The molecular formula is C21H35ClIN3O3. The van der Waals surface area contributed by atoms with Gasteiger partial charge in [-0.15, -0.1) is 24.0 Å². The molecule has 1 unspecified atom stereocenters. The zero-order valence-electron chi connectivity index (χ0n) is 17.5. The van der Waals surface area contributed by atoms with Gasteiger partial charge in [0.25, 0.3) is 0 Å². The van der Waals surface area contributed by atoms with Gasteiger partial charge in [0.2, 0.25) is 0 Å². The average molecular weight is 540 g/mol. The predicted octanol–water partition coefficient (Wildman–Crippen LogP) is 4.11. The van der Waals surface area contributed by atoms with Gasteiger partial charge in [0.1, 0.15) is 11.9 Å². The highest BCUT2D eigenvalue weighted by molar-refractivity contribution is 14.0. The first-order valence-electron chi connectivity index (χ1n) is 10.3. The van der Waals surface area contributed by atoms with E-state index in [-0.39, 0.29) is 30.1 Å². The van der Waals surface area contributed by atoms with Gasteiger partial charge >= 0.3 is 0 Å². The molecule has 6 nitrogen and oxygen atoms in total. The molecule has 8 heteroatoms. The zero-order chi connectivity index (χ0) is 20.0. The molecule has 1 heterocycles. The van der Waals surface area contributed by atoms with Crippen LogP contribution in [0, 0.1) is 5.92 Å². The summed E-state index contributed by atoms with van der Waals surface area (Å²) in [5.74, 6) is 2.21. The van der Waals surface area contributed by atoms with Crippen LogP contribution in [0.5, 0.6) is 5.75 Å². The summed E-state index contributed by atoms with van der Waals surface area (Å²) in [6, 6.07) is 7.42. The van der Waals surface area contributed by atoms with Gasteiger partial charge in [-0.1, -0.05) is 17.7 Å². The Morgan fingerprint density at radius 2 is 2.10 bits per heavy atom. The van der Waals surface area contributed by atoms with Crippen molar-refractivity contribution in [3.63, 3.8) is 0 Å². The van der Waals surface area contributed by atoms with Gasteiger partial charge in [0.15, 0.2) is 5.96 Å². The molecule has 0 amide bonds. The molecule has 2 N–H and O–H groups in total. The third-order valence-electron chi connectivity index (χ3n) is 4.44. The number of benzene rings is 1. The average Bonchev–Trinajstić information content (AvgIpc) is 2.69. The first-order chi connectivity index (χ1) is 13.7. The van der Waals surface area contributed by atoms with Crippen LogP contribution in [-0.4, -0.2) is 58.1 Å². The molecule has 1 saturated heterocycles. The Balaban J connectivity index is 0.00000420. The van der Waals surface area contributed by atoms with Gasteiger partial charge in [0, 0.05) is 44.5 Å². The summed E-state index contributed by atoms with van der Waals surface area (Å²) in [5.41, 5.74) is 0. The van der Waals surface area contributed by atoms with E-state index in [2.05, 4.69) is 22.5 Å². The normalized spacial score (nSPS) is 16.0. The van der Waals surface area contributed by atoms with Crippen LogP contribution in [0.3, 0.4) is 0 Å². The lowest BCUT2D eigenvalue weighted by atomic mass is 10.0. The Hall–Kier alpha value is -0.770. The second kappa shape index (κ2) is 16.0. The van der Waals surface area contributed by atoms with Crippen LogP contribution in [0.2, 0.25) is 5.02 Å². The Kier molecular flexibility index (Phi) is 14.5. The monoisotopic (exact) mass is 539 g/mol. The van der Waals surface area contributed by atoms with E-state index in [0.29, 0.717) is 17.5 Å². The number of hydrogen-bond acceptors (Lipinski definition) is 4. The number of guanidine groups is 1. The number of halogens is 2. The molecule has 0 bridgehead atoms. The number of nitrogens with one attached hydrogen (secondary N) is 2. The zero-order valence-corrected chi connectivity index (χ0v) is 20.6. The molecule has 2 rings (SSSR count). The van der Waals surface area contributed by atoms with E-state index >= 15 is 0 Å². The minimum absolute atomic E-state index is 0. The molecular weight excluding hydrogens is 505 g/mol. The number of ether oxygens (including phenoxy) is 3. The van der Waals surface area contributed by atoms with E-state index in [0.717, 1.165) is 70.5 Å². The van der Waals surface area contributed by atoms with Crippen LogP contribution in [0.1, 0.15) is 33.1 Å². The Morgan fingerprint density at radius 3 is 2.83 bits per heavy atom.